The van der Waals surface area contributed by atoms with E-state index in [0.717, 1.165) is 25.2 Å². The summed E-state index contributed by atoms with van der Waals surface area (Å²) in [6.45, 7) is 6.64. The Bertz CT molecular complexity index is 673. The number of aliphatic carboxylic acids is 1. The Balaban J connectivity index is 2.10. The van der Waals surface area contributed by atoms with Gasteiger partial charge < -0.3 is 15.0 Å². The van der Waals surface area contributed by atoms with Gasteiger partial charge >= 0.3 is 5.97 Å². The van der Waals surface area contributed by atoms with Crippen molar-refractivity contribution < 1.29 is 9.90 Å². The normalized spacial score (nSPS) is 15.5. The number of nitrogens with one attached hydrogen (secondary N) is 1. The molecule has 0 spiro atoms. The fourth-order valence-corrected chi connectivity index (χ4v) is 3.00. The van der Waals surface area contributed by atoms with Crippen LogP contribution in [0.25, 0.3) is 10.9 Å². The first-order chi connectivity index (χ1) is 9.60. The van der Waals surface area contributed by atoms with Gasteiger partial charge in [0.1, 0.15) is 0 Å². The molecule has 4 heteroatoms. The smallest absolute Gasteiger partial charge is 0.306 e. The molecule has 1 atom stereocenters. The summed E-state index contributed by atoms with van der Waals surface area (Å²) >= 11 is 0. The average molecular weight is 272 g/mol. The van der Waals surface area contributed by atoms with Crippen LogP contribution in [0, 0.1) is 5.92 Å². The zero-order valence-electron chi connectivity index (χ0n) is 11.9. The van der Waals surface area contributed by atoms with Crippen LogP contribution in [0.5, 0.6) is 0 Å². The van der Waals surface area contributed by atoms with Crippen molar-refractivity contribution in [2.75, 3.05) is 0 Å². The number of benzene rings is 1. The van der Waals surface area contributed by atoms with E-state index >= 15 is 0 Å². The van der Waals surface area contributed by atoms with E-state index in [4.69, 9.17) is 5.11 Å². The standard InChI is InChI=1S/C16H20N2O2/c1-3-18-9-13(4-10(2)16(19)20)14-5-11-7-17-8-12(11)6-15(14)18/h5-6,9-10,17H,3-4,7-8H2,1-2H3,(H,19,20). The molecule has 2 heterocycles. The molecule has 2 aromatic rings. The van der Waals surface area contributed by atoms with Crippen molar-refractivity contribution in [1.29, 1.82) is 0 Å². The third kappa shape index (κ3) is 2.10. The van der Waals surface area contributed by atoms with Crippen LogP contribution in [0.1, 0.15) is 30.5 Å². The maximum atomic E-state index is 11.1. The summed E-state index contributed by atoms with van der Waals surface area (Å²) in [7, 11) is 0. The van der Waals surface area contributed by atoms with Crippen LogP contribution >= 0.6 is 0 Å². The number of carbonyl (C=O) groups is 1. The molecule has 0 aliphatic carbocycles. The molecule has 3 rings (SSSR count). The second kappa shape index (κ2) is 4.94. The SMILES string of the molecule is CCn1cc(CC(C)C(=O)O)c2cc3c(cc21)CNC3. The first-order valence-electron chi connectivity index (χ1n) is 7.17. The van der Waals surface area contributed by atoms with E-state index in [1.807, 2.05) is 0 Å². The van der Waals surface area contributed by atoms with Crippen molar-refractivity contribution in [3.8, 4) is 0 Å². The third-order valence-corrected chi connectivity index (χ3v) is 4.20. The maximum Gasteiger partial charge on any atom is 0.306 e. The topological polar surface area (TPSA) is 54.3 Å². The van der Waals surface area contributed by atoms with Crippen LogP contribution < -0.4 is 5.32 Å². The van der Waals surface area contributed by atoms with Gasteiger partial charge in [0.25, 0.3) is 0 Å². The fraction of sp³-hybridized carbons (Fsp3) is 0.438. The molecular weight excluding hydrogens is 252 g/mol. The molecule has 0 radical (unpaired) electrons. The first-order valence-corrected chi connectivity index (χ1v) is 7.17. The minimum atomic E-state index is -0.731. The molecule has 0 bridgehead atoms. The summed E-state index contributed by atoms with van der Waals surface area (Å²) in [6.07, 6.45) is 2.71. The molecule has 2 N–H and O–H groups in total. The second-order valence-electron chi connectivity index (χ2n) is 5.63. The molecule has 0 saturated carbocycles. The molecule has 1 aliphatic rings. The van der Waals surface area contributed by atoms with Crippen LogP contribution in [0.4, 0.5) is 0 Å². The van der Waals surface area contributed by atoms with Crippen molar-refractivity contribution in [2.24, 2.45) is 5.92 Å². The Morgan fingerprint density at radius 3 is 2.75 bits per heavy atom. The molecule has 1 aromatic heterocycles. The summed E-state index contributed by atoms with van der Waals surface area (Å²) in [6, 6.07) is 4.49. The maximum absolute atomic E-state index is 11.1. The highest BCUT2D eigenvalue weighted by Crippen LogP contribution is 2.29. The molecule has 1 aromatic carbocycles. The summed E-state index contributed by atoms with van der Waals surface area (Å²) in [5.41, 5.74) is 5.08. The largest absolute Gasteiger partial charge is 0.481 e. The van der Waals surface area contributed by atoms with Gasteiger partial charge in [0, 0.05) is 36.7 Å². The highest BCUT2D eigenvalue weighted by Gasteiger charge is 2.18. The van der Waals surface area contributed by atoms with Gasteiger partial charge in [-0.1, -0.05) is 6.92 Å². The van der Waals surface area contributed by atoms with Crippen LogP contribution in [-0.2, 0) is 30.8 Å². The van der Waals surface area contributed by atoms with E-state index in [1.54, 1.807) is 6.92 Å². The summed E-state index contributed by atoms with van der Waals surface area (Å²) < 4.78 is 2.22. The van der Waals surface area contributed by atoms with Crippen molar-refractivity contribution in [3.63, 3.8) is 0 Å². The van der Waals surface area contributed by atoms with Crippen molar-refractivity contribution in [1.82, 2.24) is 9.88 Å². The molecule has 0 amide bonds. The molecule has 1 unspecified atom stereocenters. The molecule has 0 saturated heterocycles. The highest BCUT2D eigenvalue weighted by molar-refractivity contribution is 5.86. The minimum Gasteiger partial charge on any atom is -0.481 e. The van der Waals surface area contributed by atoms with E-state index in [1.165, 1.54) is 22.0 Å². The zero-order chi connectivity index (χ0) is 14.3. The van der Waals surface area contributed by atoms with Crippen molar-refractivity contribution in [2.45, 2.75) is 39.9 Å². The Hall–Kier alpha value is -1.81. The van der Waals surface area contributed by atoms with E-state index in [0.29, 0.717) is 6.42 Å². The lowest BCUT2D eigenvalue weighted by Crippen LogP contribution is -2.12. The van der Waals surface area contributed by atoms with Crippen LogP contribution in [0.2, 0.25) is 0 Å². The number of carboxylic acid groups (broad SMARTS) is 1. The number of nitrogens with zero attached hydrogens (tertiary/aromatic N) is 1. The monoisotopic (exact) mass is 272 g/mol. The number of fused-ring (bicyclic) bond motifs is 2. The number of aromatic nitrogens is 1. The van der Waals surface area contributed by atoms with Gasteiger partial charge in [0.15, 0.2) is 0 Å². The van der Waals surface area contributed by atoms with Gasteiger partial charge in [-0.3, -0.25) is 4.79 Å². The van der Waals surface area contributed by atoms with Crippen molar-refractivity contribution in [3.05, 3.63) is 35.0 Å². The lowest BCUT2D eigenvalue weighted by Gasteiger charge is -2.05. The summed E-state index contributed by atoms with van der Waals surface area (Å²) in [5, 5.41) is 13.7. The summed E-state index contributed by atoms with van der Waals surface area (Å²) in [4.78, 5) is 11.1. The predicted octanol–water partition coefficient (Wildman–Crippen LogP) is 2.53. The Kier molecular flexibility index (Phi) is 3.26. The van der Waals surface area contributed by atoms with Crippen LogP contribution in [-0.4, -0.2) is 15.6 Å². The van der Waals surface area contributed by atoms with Gasteiger partial charge in [-0.05, 0) is 42.2 Å². The number of hydrogen-bond donors (Lipinski definition) is 2. The van der Waals surface area contributed by atoms with Gasteiger partial charge in [-0.15, -0.1) is 0 Å². The number of hydrogen-bond acceptors (Lipinski definition) is 2. The first kappa shape index (κ1) is 13.2. The zero-order valence-corrected chi connectivity index (χ0v) is 11.9. The van der Waals surface area contributed by atoms with Gasteiger partial charge in [0.05, 0.1) is 5.92 Å². The van der Waals surface area contributed by atoms with E-state index < -0.39 is 5.97 Å². The third-order valence-electron chi connectivity index (χ3n) is 4.20. The van der Waals surface area contributed by atoms with E-state index in [2.05, 4.69) is 35.1 Å². The molecular formula is C16H20N2O2. The van der Waals surface area contributed by atoms with Crippen LogP contribution in [0.3, 0.4) is 0 Å². The predicted molar refractivity (Wildman–Crippen MR) is 78.7 cm³/mol. The van der Waals surface area contributed by atoms with Gasteiger partial charge in [-0.25, -0.2) is 0 Å². The molecule has 4 nitrogen and oxygen atoms in total. The fourth-order valence-electron chi connectivity index (χ4n) is 3.00. The lowest BCUT2D eigenvalue weighted by molar-refractivity contribution is -0.141. The number of carboxylic acids is 1. The second-order valence-corrected chi connectivity index (χ2v) is 5.63. The number of rotatable bonds is 4. The highest BCUT2D eigenvalue weighted by atomic mass is 16.4. The Morgan fingerprint density at radius 2 is 2.10 bits per heavy atom. The summed E-state index contributed by atoms with van der Waals surface area (Å²) in [5.74, 6) is -1.08. The van der Waals surface area contributed by atoms with Crippen LogP contribution in [0.15, 0.2) is 18.3 Å². The van der Waals surface area contributed by atoms with Gasteiger partial charge in [0.2, 0.25) is 0 Å². The van der Waals surface area contributed by atoms with Gasteiger partial charge in [-0.2, -0.15) is 0 Å². The molecule has 106 valence electrons. The molecule has 20 heavy (non-hydrogen) atoms. The number of aryl methyl sites for hydroxylation is 1. The van der Waals surface area contributed by atoms with E-state index in [9.17, 15) is 4.79 Å². The Morgan fingerprint density at radius 1 is 1.40 bits per heavy atom. The molecule has 0 fully saturated rings. The van der Waals surface area contributed by atoms with E-state index in [-0.39, 0.29) is 5.92 Å². The minimum absolute atomic E-state index is 0.350. The molecule has 1 aliphatic heterocycles. The Labute approximate surface area is 118 Å². The quantitative estimate of drug-likeness (QED) is 0.899. The van der Waals surface area contributed by atoms with Crippen molar-refractivity contribution >= 4 is 16.9 Å². The average Bonchev–Trinajstić information content (AvgIpc) is 3.00. The lowest BCUT2D eigenvalue weighted by atomic mass is 9.99.